The normalized spacial score (nSPS) is 9.42. The summed E-state index contributed by atoms with van der Waals surface area (Å²) in [5.41, 5.74) is 0. The summed E-state index contributed by atoms with van der Waals surface area (Å²) in [7, 11) is 4.49. The molecule has 0 aliphatic rings. The van der Waals surface area contributed by atoms with Crippen molar-refractivity contribution < 1.29 is 18.2 Å². The Morgan fingerprint density at radius 3 is 1.00 bits per heavy atom. The van der Waals surface area contributed by atoms with Crippen molar-refractivity contribution >= 4 is 37.2 Å². The van der Waals surface area contributed by atoms with Crippen molar-refractivity contribution in [1.82, 2.24) is 0 Å². The zero-order valence-corrected chi connectivity index (χ0v) is 17.5. The van der Waals surface area contributed by atoms with Gasteiger partial charge in [0.2, 0.25) is 0 Å². The SMILES string of the molecule is [CH2][CH][CH2].[Cl][Pd+].c1ccc([As](c2ccccc2)c2ccccc2)cc1. The number of halogens is 1. The Morgan fingerprint density at radius 2 is 0.792 bits per heavy atom. The molecule has 0 saturated heterocycles. The van der Waals surface area contributed by atoms with Gasteiger partial charge in [-0.05, 0) is 20.3 Å². The van der Waals surface area contributed by atoms with E-state index >= 15 is 0 Å². The van der Waals surface area contributed by atoms with Gasteiger partial charge in [0.25, 0.3) is 0 Å². The molecule has 3 aromatic rings. The van der Waals surface area contributed by atoms with Gasteiger partial charge in [-0.25, -0.2) is 0 Å². The zero-order chi connectivity index (χ0) is 17.6. The summed E-state index contributed by atoms with van der Waals surface area (Å²) in [4.78, 5) is 0. The van der Waals surface area contributed by atoms with Crippen LogP contribution in [0.2, 0.25) is 0 Å². The molecule has 3 aromatic carbocycles. The molecule has 0 aromatic heterocycles. The Morgan fingerprint density at radius 1 is 0.583 bits per heavy atom. The van der Waals surface area contributed by atoms with Gasteiger partial charge in [0.1, 0.15) is 0 Å². The van der Waals surface area contributed by atoms with Crippen molar-refractivity contribution in [3.63, 3.8) is 0 Å². The maximum absolute atomic E-state index is 4.49. The Kier molecular flexibility index (Phi) is 11.9. The molecular formula is C21H20AsClPd+. The molecule has 0 spiro atoms. The fraction of sp³-hybridized carbons (Fsp3) is 0. The Hall–Kier alpha value is -0.829. The monoisotopic (exact) mass is 488 g/mol. The van der Waals surface area contributed by atoms with Crippen LogP contribution in [0.3, 0.4) is 0 Å². The third kappa shape index (κ3) is 6.96. The van der Waals surface area contributed by atoms with E-state index in [1.165, 1.54) is 19.5 Å². The van der Waals surface area contributed by atoms with Crippen LogP contribution in [0.1, 0.15) is 0 Å². The summed E-state index contributed by atoms with van der Waals surface area (Å²) >= 11 is 0.833. The van der Waals surface area contributed by atoms with Crippen molar-refractivity contribution in [2.75, 3.05) is 0 Å². The van der Waals surface area contributed by atoms with Crippen molar-refractivity contribution in [2.24, 2.45) is 0 Å². The fourth-order valence-electron chi connectivity index (χ4n) is 2.18. The molecule has 0 aliphatic heterocycles. The Bertz CT molecular complexity index is 551. The molecule has 0 N–H and O–H groups in total. The second kappa shape index (κ2) is 13.5. The van der Waals surface area contributed by atoms with Crippen LogP contribution < -0.4 is 13.1 Å². The van der Waals surface area contributed by atoms with Gasteiger partial charge in [0.05, 0.1) is 0 Å². The molecule has 0 fully saturated rings. The van der Waals surface area contributed by atoms with Gasteiger partial charge in [-0.3, -0.25) is 0 Å². The Labute approximate surface area is 165 Å². The zero-order valence-electron chi connectivity index (χ0n) is 13.3. The summed E-state index contributed by atoms with van der Waals surface area (Å²) < 4.78 is 4.44. The molecule has 3 heteroatoms. The average molecular weight is 489 g/mol. The summed E-state index contributed by atoms with van der Waals surface area (Å²) in [5.74, 6) is 0. The van der Waals surface area contributed by atoms with Crippen molar-refractivity contribution in [3.8, 4) is 0 Å². The van der Waals surface area contributed by atoms with E-state index in [2.05, 4.69) is 133 Å². The number of benzene rings is 3. The topological polar surface area (TPSA) is 0 Å². The number of hydrogen-bond acceptors (Lipinski definition) is 0. The first-order valence-electron chi connectivity index (χ1n) is 7.34. The minimum atomic E-state index is -1.39. The van der Waals surface area contributed by atoms with Crippen molar-refractivity contribution in [1.29, 1.82) is 0 Å². The van der Waals surface area contributed by atoms with E-state index in [0.717, 1.165) is 0 Å². The second-order valence-corrected chi connectivity index (χ2v) is 9.29. The van der Waals surface area contributed by atoms with Gasteiger partial charge >= 0.3 is 146 Å². The average Bonchev–Trinajstić information content (AvgIpc) is 2.67. The number of rotatable bonds is 3. The van der Waals surface area contributed by atoms with Gasteiger partial charge in [-0.2, -0.15) is 0 Å². The minimum absolute atomic E-state index is 1.39. The summed E-state index contributed by atoms with van der Waals surface area (Å²) in [5, 5.41) is 0. The molecule has 0 bridgehead atoms. The molecule has 0 aliphatic carbocycles. The van der Waals surface area contributed by atoms with E-state index in [4.69, 9.17) is 0 Å². The summed E-state index contributed by atoms with van der Waals surface area (Å²) in [6.45, 7) is 6.50. The third-order valence-electron chi connectivity index (χ3n) is 3.04. The maximum atomic E-state index is 4.49. The molecule has 0 heterocycles. The molecule has 3 rings (SSSR count). The van der Waals surface area contributed by atoms with Crippen LogP contribution in [0.5, 0.6) is 0 Å². The van der Waals surface area contributed by atoms with Gasteiger partial charge in [0, 0.05) is 0 Å². The first kappa shape index (κ1) is 21.2. The van der Waals surface area contributed by atoms with Crippen LogP contribution in [0.25, 0.3) is 0 Å². The van der Waals surface area contributed by atoms with Gasteiger partial charge in [-0.15, -0.1) is 0 Å². The predicted octanol–water partition coefficient (Wildman–Crippen LogP) is 3.75. The third-order valence-corrected chi connectivity index (χ3v) is 8.17. The quantitative estimate of drug-likeness (QED) is 0.492. The molecule has 0 saturated carbocycles. The molecule has 0 amide bonds. The predicted molar refractivity (Wildman–Crippen MR) is 105 cm³/mol. The van der Waals surface area contributed by atoms with E-state index in [-0.39, 0.29) is 0 Å². The van der Waals surface area contributed by atoms with Crippen LogP contribution in [-0.2, 0) is 18.2 Å². The van der Waals surface area contributed by atoms with Crippen molar-refractivity contribution in [3.05, 3.63) is 111 Å². The van der Waals surface area contributed by atoms with Crippen LogP contribution in [0.15, 0.2) is 91.0 Å². The molecule has 3 radical (unpaired) electrons. The van der Waals surface area contributed by atoms with Gasteiger partial charge in [-0.1, -0.05) is 0 Å². The molecule has 0 atom stereocenters. The molecule has 125 valence electrons. The summed E-state index contributed by atoms with van der Waals surface area (Å²) in [6.07, 6.45) is 1.50. The van der Waals surface area contributed by atoms with Gasteiger partial charge in [0.15, 0.2) is 0 Å². The number of hydrogen-bond donors (Lipinski definition) is 0. The molecular weight excluding hydrogens is 469 g/mol. The van der Waals surface area contributed by atoms with E-state index in [1.807, 2.05) is 0 Å². The van der Waals surface area contributed by atoms with Crippen LogP contribution in [-0.4, -0.2) is 14.7 Å². The van der Waals surface area contributed by atoms with E-state index in [0.29, 0.717) is 0 Å². The fourth-order valence-corrected chi connectivity index (χ4v) is 7.02. The molecule has 0 nitrogen and oxygen atoms in total. The molecule has 0 unspecified atom stereocenters. The van der Waals surface area contributed by atoms with E-state index < -0.39 is 14.7 Å². The first-order valence-corrected chi connectivity index (χ1v) is 12.2. The van der Waals surface area contributed by atoms with E-state index in [1.54, 1.807) is 0 Å². The van der Waals surface area contributed by atoms with Crippen LogP contribution in [0, 0.1) is 20.3 Å². The van der Waals surface area contributed by atoms with Crippen molar-refractivity contribution in [2.45, 2.75) is 0 Å². The summed E-state index contributed by atoms with van der Waals surface area (Å²) in [6, 6.07) is 32.7. The standard InChI is InChI=1S/C18H15As.C3H5.ClH.Pd/c1-4-10-16(11-5-1)19(17-12-6-2-7-13-17)18-14-8-3-9-15-18;1-3-2;;/h1-15H;3H,1-2H2;1H;/q;;;+2/p-1. The second-order valence-electron chi connectivity index (χ2n) is 4.63. The molecule has 24 heavy (non-hydrogen) atoms. The van der Waals surface area contributed by atoms with Crippen LogP contribution >= 0.6 is 9.53 Å². The Balaban J connectivity index is 0.000000521. The first-order chi connectivity index (χ1) is 11.9. The van der Waals surface area contributed by atoms with Crippen LogP contribution in [0.4, 0.5) is 0 Å². The van der Waals surface area contributed by atoms with Gasteiger partial charge < -0.3 is 0 Å². The van der Waals surface area contributed by atoms with E-state index in [9.17, 15) is 0 Å².